The first kappa shape index (κ1) is 16.1. The Balaban J connectivity index is 1.58. The van der Waals surface area contributed by atoms with Gasteiger partial charge in [-0.2, -0.15) is 5.10 Å². The number of nitrogens with one attached hydrogen (secondary N) is 3. The molecule has 2 amide bonds. The topological polar surface area (TPSA) is 88.0 Å². The first-order valence-corrected chi connectivity index (χ1v) is 8.89. The summed E-state index contributed by atoms with van der Waals surface area (Å²) in [6.07, 6.45) is 3.33. The van der Waals surface area contributed by atoms with E-state index in [-0.39, 0.29) is 17.7 Å². The summed E-state index contributed by atoms with van der Waals surface area (Å²) in [4.78, 5) is 23.5. The van der Waals surface area contributed by atoms with E-state index in [0.717, 1.165) is 35.4 Å². The number of nitrogens with zero attached hydrogens (tertiary/aromatic N) is 2. The number of carbonyl (C=O) groups is 2. The fourth-order valence-electron chi connectivity index (χ4n) is 3.78. The van der Waals surface area contributed by atoms with Gasteiger partial charge < -0.3 is 10.6 Å². The van der Waals surface area contributed by atoms with Gasteiger partial charge in [0.15, 0.2) is 0 Å². The van der Waals surface area contributed by atoms with Crippen molar-refractivity contribution in [2.75, 3.05) is 18.4 Å². The molecule has 2 fully saturated rings. The van der Waals surface area contributed by atoms with E-state index in [1.54, 1.807) is 0 Å². The average molecular weight is 341 g/mol. The second-order valence-electron chi connectivity index (χ2n) is 6.92. The van der Waals surface area contributed by atoms with Gasteiger partial charge in [0.25, 0.3) is 0 Å². The van der Waals surface area contributed by atoms with Gasteiger partial charge in [0, 0.05) is 37.1 Å². The molecule has 0 radical (unpaired) electrons. The van der Waals surface area contributed by atoms with Crippen LogP contribution in [-0.4, -0.2) is 40.7 Å². The van der Waals surface area contributed by atoms with Crippen LogP contribution in [0.2, 0.25) is 0 Å². The molecule has 25 heavy (non-hydrogen) atoms. The second-order valence-corrected chi connectivity index (χ2v) is 6.92. The molecule has 2 atom stereocenters. The minimum absolute atomic E-state index is 0.200. The number of imide groups is 1. The van der Waals surface area contributed by atoms with Crippen LogP contribution in [0.15, 0.2) is 18.2 Å². The SMILES string of the molecule is Cn1nc(C2CCC(=O)NC2=O)c2ccc(NC[C@@H]3CCCN3)cc21. The molecule has 4 rings (SSSR count). The lowest BCUT2D eigenvalue weighted by Gasteiger charge is -2.19. The van der Waals surface area contributed by atoms with E-state index in [1.165, 1.54) is 12.8 Å². The van der Waals surface area contributed by atoms with Crippen molar-refractivity contribution in [1.82, 2.24) is 20.4 Å². The first-order chi connectivity index (χ1) is 12.1. The van der Waals surface area contributed by atoms with Crippen molar-refractivity contribution in [3.63, 3.8) is 0 Å². The Kier molecular flexibility index (Phi) is 4.17. The van der Waals surface area contributed by atoms with E-state index >= 15 is 0 Å². The summed E-state index contributed by atoms with van der Waals surface area (Å²) >= 11 is 0. The third-order valence-corrected chi connectivity index (χ3v) is 5.16. The molecule has 7 heteroatoms. The third kappa shape index (κ3) is 3.11. The summed E-state index contributed by atoms with van der Waals surface area (Å²) in [7, 11) is 1.89. The van der Waals surface area contributed by atoms with Gasteiger partial charge in [0.2, 0.25) is 11.8 Å². The van der Waals surface area contributed by atoms with Crippen LogP contribution < -0.4 is 16.0 Å². The maximum Gasteiger partial charge on any atom is 0.235 e. The van der Waals surface area contributed by atoms with Gasteiger partial charge in [-0.05, 0) is 44.0 Å². The molecule has 2 saturated heterocycles. The zero-order valence-electron chi connectivity index (χ0n) is 14.3. The van der Waals surface area contributed by atoms with Gasteiger partial charge >= 0.3 is 0 Å². The highest BCUT2D eigenvalue weighted by atomic mass is 16.2. The smallest absolute Gasteiger partial charge is 0.235 e. The molecule has 2 aromatic rings. The Bertz CT molecular complexity index is 822. The van der Waals surface area contributed by atoms with E-state index < -0.39 is 0 Å². The molecule has 1 aromatic carbocycles. The zero-order valence-corrected chi connectivity index (χ0v) is 14.3. The van der Waals surface area contributed by atoms with Crippen LogP contribution in [0.4, 0.5) is 5.69 Å². The fraction of sp³-hybridized carbons (Fsp3) is 0.500. The van der Waals surface area contributed by atoms with Crippen molar-refractivity contribution >= 4 is 28.4 Å². The lowest BCUT2D eigenvalue weighted by Crippen LogP contribution is -2.39. The second kappa shape index (κ2) is 6.48. The minimum atomic E-state index is -0.358. The Labute approximate surface area is 146 Å². The largest absolute Gasteiger partial charge is 0.383 e. The number of aromatic nitrogens is 2. The van der Waals surface area contributed by atoms with Crippen molar-refractivity contribution in [1.29, 1.82) is 0 Å². The van der Waals surface area contributed by atoms with Crippen molar-refractivity contribution in [2.45, 2.75) is 37.6 Å². The van der Waals surface area contributed by atoms with Gasteiger partial charge in [-0.15, -0.1) is 0 Å². The van der Waals surface area contributed by atoms with E-state index in [4.69, 9.17) is 0 Å². The molecule has 2 aliphatic rings. The molecule has 3 heterocycles. The predicted octanol–water partition coefficient (Wildman–Crippen LogP) is 1.26. The number of benzene rings is 1. The molecular formula is C18H23N5O2. The highest BCUT2D eigenvalue weighted by Crippen LogP contribution is 2.31. The van der Waals surface area contributed by atoms with Crippen LogP contribution in [0.3, 0.4) is 0 Å². The lowest BCUT2D eigenvalue weighted by molar-refractivity contribution is -0.134. The predicted molar refractivity (Wildman–Crippen MR) is 95.4 cm³/mol. The summed E-state index contributed by atoms with van der Waals surface area (Å²) in [5.74, 6) is -0.804. The molecule has 1 unspecified atom stereocenters. The summed E-state index contributed by atoms with van der Waals surface area (Å²) in [5, 5.41) is 14.9. The zero-order chi connectivity index (χ0) is 17.4. The number of hydrogen-bond donors (Lipinski definition) is 3. The molecule has 0 bridgehead atoms. The molecule has 3 N–H and O–H groups in total. The number of piperidine rings is 1. The van der Waals surface area contributed by atoms with Crippen LogP contribution in [0.5, 0.6) is 0 Å². The van der Waals surface area contributed by atoms with Gasteiger partial charge in [0.1, 0.15) is 0 Å². The first-order valence-electron chi connectivity index (χ1n) is 8.89. The van der Waals surface area contributed by atoms with Gasteiger partial charge in [0.05, 0.1) is 17.1 Å². The summed E-state index contributed by atoms with van der Waals surface area (Å²) in [5.41, 5.74) is 2.80. The Hall–Kier alpha value is -2.41. The van der Waals surface area contributed by atoms with Crippen LogP contribution in [-0.2, 0) is 16.6 Å². The standard InChI is InChI=1S/C18H23N5O2/c1-23-15-9-11(20-10-12-3-2-8-19-12)4-5-13(15)17(22-23)14-6-7-16(24)21-18(14)25/h4-5,9,12,14,19-20H,2-3,6-8,10H2,1H3,(H,21,24,25)/t12-,14?/m0/s1. The van der Waals surface area contributed by atoms with E-state index in [0.29, 0.717) is 18.9 Å². The van der Waals surface area contributed by atoms with Crippen molar-refractivity contribution < 1.29 is 9.59 Å². The summed E-state index contributed by atoms with van der Waals surface area (Å²) in [6.45, 7) is 2.01. The monoisotopic (exact) mass is 341 g/mol. The molecule has 132 valence electrons. The quantitative estimate of drug-likeness (QED) is 0.729. The summed E-state index contributed by atoms with van der Waals surface area (Å²) < 4.78 is 1.81. The summed E-state index contributed by atoms with van der Waals surface area (Å²) in [6, 6.07) is 6.66. The lowest BCUT2D eigenvalue weighted by atomic mass is 9.93. The Morgan fingerprint density at radius 3 is 2.96 bits per heavy atom. The van der Waals surface area contributed by atoms with Crippen molar-refractivity contribution in [3.05, 3.63) is 23.9 Å². The Morgan fingerprint density at radius 1 is 1.32 bits per heavy atom. The van der Waals surface area contributed by atoms with Crippen LogP contribution in [0.25, 0.3) is 10.9 Å². The highest BCUT2D eigenvalue weighted by molar-refractivity contribution is 6.02. The number of carbonyl (C=O) groups excluding carboxylic acids is 2. The molecule has 0 aliphatic carbocycles. The maximum absolute atomic E-state index is 12.2. The van der Waals surface area contributed by atoms with Crippen LogP contribution in [0, 0.1) is 0 Å². The normalized spacial score (nSPS) is 23.9. The minimum Gasteiger partial charge on any atom is -0.383 e. The van der Waals surface area contributed by atoms with E-state index in [2.05, 4.69) is 27.1 Å². The van der Waals surface area contributed by atoms with Crippen LogP contribution >= 0.6 is 0 Å². The number of amides is 2. The van der Waals surface area contributed by atoms with Gasteiger partial charge in [-0.25, -0.2) is 0 Å². The number of fused-ring (bicyclic) bond motifs is 1. The number of anilines is 1. The van der Waals surface area contributed by atoms with Crippen molar-refractivity contribution in [3.8, 4) is 0 Å². The van der Waals surface area contributed by atoms with E-state index in [9.17, 15) is 9.59 Å². The van der Waals surface area contributed by atoms with Crippen molar-refractivity contribution in [2.24, 2.45) is 7.05 Å². The average Bonchev–Trinajstić information content (AvgIpc) is 3.22. The molecule has 1 aromatic heterocycles. The number of aryl methyl sites for hydroxylation is 1. The molecule has 7 nitrogen and oxygen atoms in total. The molecule has 2 aliphatic heterocycles. The van der Waals surface area contributed by atoms with Crippen LogP contribution in [0.1, 0.15) is 37.3 Å². The van der Waals surface area contributed by atoms with E-state index in [1.807, 2.05) is 23.9 Å². The third-order valence-electron chi connectivity index (χ3n) is 5.16. The van der Waals surface area contributed by atoms with Gasteiger partial charge in [-0.1, -0.05) is 0 Å². The number of rotatable bonds is 4. The Morgan fingerprint density at radius 2 is 2.20 bits per heavy atom. The molecule has 0 saturated carbocycles. The maximum atomic E-state index is 12.2. The van der Waals surface area contributed by atoms with Gasteiger partial charge in [-0.3, -0.25) is 19.6 Å². The molecule has 0 spiro atoms. The fourth-order valence-corrected chi connectivity index (χ4v) is 3.78. The highest BCUT2D eigenvalue weighted by Gasteiger charge is 2.31. The number of hydrogen-bond acceptors (Lipinski definition) is 5. The molecular weight excluding hydrogens is 318 g/mol.